The molecule has 1 aromatic rings. The summed E-state index contributed by atoms with van der Waals surface area (Å²) in [6, 6.07) is 1.66. The third-order valence-electron chi connectivity index (χ3n) is 3.24. The second-order valence-corrected chi connectivity index (χ2v) is 6.87. The molecule has 0 bridgehead atoms. The summed E-state index contributed by atoms with van der Waals surface area (Å²) >= 11 is 5.75. The quantitative estimate of drug-likeness (QED) is 0.790. The minimum absolute atomic E-state index is 0.322. The number of rotatable bonds is 3. The van der Waals surface area contributed by atoms with Crippen LogP contribution in [0.3, 0.4) is 0 Å². The molecule has 2 heterocycles. The molecule has 0 amide bonds. The molecule has 1 atom stereocenters. The molecule has 0 saturated carbocycles. The Balaban J connectivity index is 2.31. The minimum atomic E-state index is -3.33. The van der Waals surface area contributed by atoms with E-state index < -0.39 is 10.0 Å². The lowest BCUT2D eigenvalue weighted by molar-refractivity contribution is 0.464. The number of nitrogens with zero attached hydrogens (tertiary/aromatic N) is 2. The van der Waals surface area contributed by atoms with Gasteiger partial charge in [0.2, 0.25) is 10.0 Å². The molecule has 96 valence electrons. The third kappa shape index (κ3) is 2.37. The van der Waals surface area contributed by atoms with Crippen LogP contribution in [0.15, 0.2) is 17.2 Å². The molecule has 6 heteroatoms. The monoisotopic (exact) mass is 276 g/mol. The molecule has 0 spiro atoms. The van der Waals surface area contributed by atoms with Crippen LogP contribution in [0.2, 0.25) is 0 Å². The maximum absolute atomic E-state index is 12.3. The molecular formula is C11H17ClN2O2S. The van der Waals surface area contributed by atoms with Crippen LogP contribution in [0.4, 0.5) is 0 Å². The van der Waals surface area contributed by atoms with E-state index in [1.54, 1.807) is 21.1 Å². The number of aromatic nitrogens is 1. The maximum Gasteiger partial charge on any atom is 0.244 e. The summed E-state index contributed by atoms with van der Waals surface area (Å²) in [5, 5.41) is 0. The van der Waals surface area contributed by atoms with E-state index >= 15 is 0 Å². The van der Waals surface area contributed by atoms with Gasteiger partial charge in [-0.2, -0.15) is 4.31 Å². The number of alkyl halides is 1. The summed E-state index contributed by atoms with van der Waals surface area (Å²) < 4.78 is 28.0. The summed E-state index contributed by atoms with van der Waals surface area (Å²) in [6.45, 7) is 3.31. The van der Waals surface area contributed by atoms with Gasteiger partial charge in [-0.1, -0.05) is 6.92 Å². The zero-order chi connectivity index (χ0) is 12.6. The molecule has 2 rings (SSSR count). The smallest absolute Gasteiger partial charge is 0.244 e. The highest BCUT2D eigenvalue weighted by Gasteiger charge is 2.31. The maximum atomic E-state index is 12.3. The average molecular weight is 277 g/mol. The van der Waals surface area contributed by atoms with Gasteiger partial charge < -0.3 is 4.57 Å². The molecule has 0 aromatic carbocycles. The van der Waals surface area contributed by atoms with E-state index in [0.717, 1.165) is 12.1 Å². The molecule has 1 aliphatic rings. The second-order valence-electron chi connectivity index (χ2n) is 4.67. The van der Waals surface area contributed by atoms with Gasteiger partial charge in [-0.3, -0.25) is 0 Å². The molecule has 1 fully saturated rings. The van der Waals surface area contributed by atoms with Crippen molar-refractivity contribution in [3.05, 3.63) is 18.0 Å². The van der Waals surface area contributed by atoms with E-state index in [2.05, 4.69) is 6.92 Å². The van der Waals surface area contributed by atoms with Gasteiger partial charge in [0.1, 0.15) is 4.90 Å². The Bertz CT molecular complexity index is 510. The fourth-order valence-corrected chi connectivity index (χ4v) is 4.05. The van der Waals surface area contributed by atoms with E-state index in [9.17, 15) is 8.42 Å². The van der Waals surface area contributed by atoms with E-state index in [0.29, 0.717) is 29.8 Å². The van der Waals surface area contributed by atoms with Crippen molar-refractivity contribution in [2.24, 2.45) is 13.0 Å². The minimum Gasteiger partial charge on any atom is -0.352 e. The molecule has 1 aliphatic heterocycles. The van der Waals surface area contributed by atoms with Crippen molar-refractivity contribution in [2.45, 2.75) is 24.1 Å². The number of hydrogen-bond donors (Lipinski definition) is 0. The number of hydrogen-bond acceptors (Lipinski definition) is 2. The SMILES string of the molecule is CC1CCN(S(=O)(=O)c2cc(CCl)n(C)c2)C1. The van der Waals surface area contributed by atoms with Gasteiger partial charge in [-0.05, 0) is 18.4 Å². The third-order valence-corrected chi connectivity index (χ3v) is 5.35. The van der Waals surface area contributed by atoms with Gasteiger partial charge >= 0.3 is 0 Å². The summed E-state index contributed by atoms with van der Waals surface area (Å²) in [4.78, 5) is 0.352. The topological polar surface area (TPSA) is 42.3 Å². The Morgan fingerprint density at radius 3 is 2.71 bits per heavy atom. The van der Waals surface area contributed by atoms with Crippen LogP contribution in [-0.2, 0) is 23.0 Å². The summed E-state index contributed by atoms with van der Waals surface area (Å²) in [5.74, 6) is 0.767. The Labute approximate surface area is 107 Å². The van der Waals surface area contributed by atoms with Crippen molar-refractivity contribution in [1.82, 2.24) is 8.87 Å². The lowest BCUT2D eigenvalue weighted by Gasteiger charge is -2.14. The van der Waals surface area contributed by atoms with Gasteiger partial charge in [0.05, 0.1) is 5.88 Å². The van der Waals surface area contributed by atoms with Crippen molar-refractivity contribution in [1.29, 1.82) is 0 Å². The van der Waals surface area contributed by atoms with E-state index in [-0.39, 0.29) is 0 Å². The second kappa shape index (κ2) is 4.63. The van der Waals surface area contributed by atoms with E-state index in [1.165, 1.54) is 0 Å². The van der Waals surface area contributed by atoms with Gasteiger partial charge in [-0.25, -0.2) is 8.42 Å². The number of halogens is 1. The van der Waals surface area contributed by atoms with Gasteiger partial charge in [0.15, 0.2) is 0 Å². The molecular weight excluding hydrogens is 260 g/mol. The normalized spacial score (nSPS) is 22.2. The van der Waals surface area contributed by atoms with Gasteiger partial charge in [-0.15, -0.1) is 11.6 Å². The first-order valence-electron chi connectivity index (χ1n) is 5.66. The molecule has 0 aliphatic carbocycles. The van der Waals surface area contributed by atoms with E-state index in [1.807, 2.05) is 7.05 Å². The number of aryl methyl sites for hydroxylation is 1. The first-order valence-corrected chi connectivity index (χ1v) is 7.64. The Kier molecular flexibility index (Phi) is 3.52. The molecule has 1 saturated heterocycles. The van der Waals surface area contributed by atoms with Crippen LogP contribution in [0.1, 0.15) is 19.0 Å². The van der Waals surface area contributed by atoms with Gasteiger partial charge in [0, 0.05) is 32.0 Å². The van der Waals surface area contributed by atoms with Gasteiger partial charge in [0.25, 0.3) is 0 Å². The molecule has 1 unspecified atom stereocenters. The Morgan fingerprint density at radius 2 is 2.24 bits per heavy atom. The van der Waals surface area contributed by atoms with Crippen molar-refractivity contribution in [2.75, 3.05) is 13.1 Å². The lowest BCUT2D eigenvalue weighted by Crippen LogP contribution is -2.28. The Morgan fingerprint density at radius 1 is 1.53 bits per heavy atom. The number of sulfonamides is 1. The summed E-state index contributed by atoms with van der Waals surface area (Å²) in [6.07, 6.45) is 2.57. The van der Waals surface area contributed by atoms with Crippen LogP contribution < -0.4 is 0 Å². The highest BCUT2D eigenvalue weighted by molar-refractivity contribution is 7.89. The highest BCUT2D eigenvalue weighted by Crippen LogP contribution is 2.25. The molecule has 1 aromatic heterocycles. The zero-order valence-electron chi connectivity index (χ0n) is 10.1. The fraction of sp³-hybridized carbons (Fsp3) is 0.636. The van der Waals surface area contributed by atoms with Crippen LogP contribution in [-0.4, -0.2) is 30.4 Å². The van der Waals surface area contributed by atoms with E-state index in [4.69, 9.17) is 11.6 Å². The lowest BCUT2D eigenvalue weighted by atomic mass is 10.2. The summed E-state index contributed by atoms with van der Waals surface area (Å²) in [5.41, 5.74) is 0.817. The van der Waals surface area contributed by atoms with Crippen LogP contribution in [0.25, 0.3) is 0 Å². The van der Waals surface area contributed by atoms with Crippen LogP contribution in [0, 0.1) is 5.92 Å². The first kappa shape index (κ1) is 12.9. The molecule has 0 N–H and O–H groups in total. The Hall–Kier alpha value is -0.520. The van der Waals surface area contributed by atoms with Crippen molar-refractivity contribution in [3.63, 3.8) is 0 Å². The van der Waals surface area contributed by atoms with Crippen molar-refractivity contribution in [3.8, 4) is 0 Å². The fourth-order valence-electron chi connectivity index (χ4n) is 2.11. The van der Waals surface area contributed by atoms with Crippen molar-refractivity contribution >= 4 is 21.6 Å². The molecule has 17 heavy (non-hydrogen) atoms. The van der Waals surface area contributed by atoms with Crippen molar-refractivity contribution < 1.29 is 8.42 Å². The van der Waals surface area contributed by atoms with Crippen LogP contribution >= 0.6 is 11.6 Å². The first-order chi connectivity index (χ1) is 7.95. The molecule has 4 nitrogen and oxygen atoms in total. The predicted molar refractivity (Wildman–Crippen MR) is 67.5 cm³/mol. The highest BCUT2D eigenvalue weighted by atomic mass is 35.5. The molecule has 0 radical (unpaired) electrons. The van der Waals surface area contributed by atoms with Crippen LogP contribution in [0.5, 0.6) is 0 Å². The standard InChI is InChI=1S/C11H17ClN2O2S/c1-9-3-4-14(7-9)17(15,16)11-5-10(6-12)13(2)8-11/h5,8-9H,3-4,6-7H2,1-2H3. The average Bonchev–Trinajstić information content (AvgIpc) is 2.85. The zero-order valence-corrected chi connectivity index (χ0v) is 11.6. The summed E-state index contributed by atoms with van der Waals surface area (Å²) in [7, 11) is -1.52. The largest absolute Gasteiger partial charge is 0.352 e. The predicted octanol–water partition coefficient (Wildman–Crippen LogP) is 1.79.